The average Bonchev–Trinajstić information content (AvgIpc) is 2.39. The van der Waals surface area contributed by atoms with Crippen LogP contribution in [-0.4, -0.2) is 6.61 Å². The van der Waals surface area contributed by atoms with Crippen molar-refractivity contribution >= 4 is 21.6 Å². The topological polar surface area (TPSA) is 44.5 Å². The maximum Gasteiger partial charge on any atom is 0.123 e. The molecule has 19 heavy (non-hydrogen) atoms. The van der Waals surface area contributed by atoms with Crippen molar-refractivity contribution in [1.82, 2.24) is 0 Å². The van der Waals surface area contributed by atoms with Gasteiger partial charge >= 0.3 is 0 Å². The summed E-state index contributed by atoms with van der Waals surface area (Å²) in [5.41, 5.74) is 7.59. The lowest BCUT2D eigenvalue weighted by Crippen LogP contribution is -2.01. The van der Waals surface area contributed by atoms with Crippen molar-refractivity contribution < 1.29 is 9.47 Å². The second-order valence-corrected chi connectivity index (χ2v) is 4.86. The molecule has 0 aliphatic heterocycles. The molecule has 2 aromatic rings. The predicted molar refractivity (Wildman–Crippen MR) is 80.5 cm³/mol. The van der Waals surface area contributed by atoms with E-state index in [1.165, 1.54) is 0 Å². The van der Waals surface area contributed by atoms with E-state index in [1.807, 2.05) is 49.4 Å². The van der Waals surface area contributed by atoms with Gasteiger partial charge in [0.05, 0.1) is 6.61 Å². The average molecular weight is 322 g/mol. The van der Waals surface area contributed by atoms with Gasteiger partial charge in [0.25, 0.3) is 0 Å². The monoisotopic (exact) mass is 321 g/mol. The summed E-state index contributed by atoms with van der Waals surface area (Å²) in [4.78, 5) is 0. The van der Waals surface area contributed by atoms with Gasteiger partial charge in [0.2, 0.25) is 0 Å². The summed E-state index contributed by atoms with van der Waals surface area (Å²) in [6.07, 6.45) is 0. The van der Waals surface area contributed by atoms with Crippen LogP contribution in [0.3, 0.4) is 0 Å². The zero-order chi connectivity index (χ0) is 13.7. The molecule has 2 N–H and O–H groups in total. The number of benzene rings is 2. The Morgan fingerprint density at radius 3 is 2.42 bits per heavy atom. The lowest BCUT2D eigenvalue weighted by molar-refractivity contribution is 0.299. The van der Waals surface area contributed by atoms with E-state index >= 15 is 0 Å². The van der Waals surface area contributed by atoms with E-state index in [-0.39, 0.29) is 0 Å². The van der Waals surface area contributed by atoms with Gasteiger partial charge < -0.3 is 15.2 Å². The Labute approximate surface area is 121 Å². The fraction of sp³-hybridized carbons (Fsp3) is 0.200. The summed E-state index contributed by atoms with van der Waals surface area (Å²) in [7, 11) is 0. The molecule has 0 aliphatic rings. The minimum Gasteiger partial charge on any atom is -0.494 e. The molecule has 0 saturated carbocycles. The molecule has 2 aromatic carbocycles. The van der Waals surface area contributed by atoms with Gasteiger partial charge in [0.1, 0.15) is 18.1 Å². The van der Waals surface area contributed by atoms with E-state index in [2.05, 4.69) is 15.9 Å². The molecular formula is C15H16BrNO2. The van der Waals surface area contributed by atoms with Gasteiger partial charge in [-0.25, -0.2) is 0 Å². The van der Waals surface area contributed by atoms with E-state index in [9.17, 15) is 0 Å². The van der Waals surface area contributed by atoms with Crippen molar-refractivity contribution in [1.29, 1.82) is 0 Å². The second-order valence-electron chi connectivity index (χ2n) is 4.00. The van der Waals surface area contributed by atoms with Crippen LogP contribution in [0.4, 0.5) is 5.69 Å². The fourth-order valence-corrected chi connectivity index (χ4v) is 2.20. The first-order valence-electron chi connectivity index (χ1n) is 6.09. The third kappa shape index (κ3) is 3.64. The molecule has 0 atom stereocenters. The molecule has 0 aromatic heterocycles. The Bertz CT molecular complexity index is 537. The molecule has 0 radical (unpaired) electrons. The molecule has 100 valence electrons. The van der Waals surface area contributed by atoms with Gasteiger partial charge in [-0.15, -0.1) is 0 Å². The SMILES string of the molecule is CCOc1cccc(OCc2c(N)cccc2Br)c1. The van der Waals surface area contributed by atoms with Gasteiger partial charge in [-0.2, -0.15) is 0 Å². The molecule has 3 nitrogen and oxygen atoms in total. The lowest BCUT2D eigenvalue weighted by atomic mass is 10.2. The number of halogens is 1. The van der Waals surface area contributed by atoms with Gasteiger partial charge in [-0.3, -0.25) is 0 Å². The van der Waals surface area contributed by atoms with Crippen molar-refractivity contribution in [2.24, 2.45) is 0 Å². The first kappa shape index (κ1) is 13.7. The Hall–Kier alpha value is -1.68. The van der Waals surface area contributed by atoms with Gasteiger partial charge in [-0.05, 0) is 31.2 Å². The Kier molecular flexibility index (Phi) is 4.68. The normalized spacial score (nSPS) is 10.2. The molecule has 0 heterocycles. The summed E-state index contributed by atoms with van der Waals surface area (Å²) in [6.45, 7) is 3.01. The third-order valence-corrected chi connectivity index (χ3v) is 3.40. The molecule has 0 aliphatic carbocycles. The minimum absolute atomic E-state index is 0.419. The smallest absolute Gasteiger partial charge is 0.123 e. The molecule has 0 fully saturated rings. The second kappa shape index (κ2) is 6.48. The highest BCUT2D eigenvalue weighted by molar-refractivity contribution is 9.10. The van der Waals surface area contributed by atoms with E-state index in [0.717, 1.165) is 27.2 Å². The number of anilines is 1. The van der Waals surface area contributed by atoms with Crippen LogP contribution in [-0.2, 0) is 6.61 Å². The van der Waals surface area contributed by atoms with Crippen molar-refractivity contribution in [2.75, 3.05) is 12.3 Å². The molecule has 0 unspecified atom stereocenters. The predicted octanol–water partition coefficient (Wildman–Crippen LogP) is 4.01. The maximum absolute atomic E-state index is 5.93. The molecule has 0 bridgehead atoms. The third-order valence-electron chi connectivity index (χ3n) is 2.65. The first-order valence-corrected chi connectivity index (χ1v) is 6.88. The Morgan fingerprint density at radius 1 is 1.05 bits per heavy atom. The summed E-state index contributed by atoms with van der Waals surface area (Å²) in [6, 6.07) is 13.3. The van der Waals surface area contributed by atoms with E-state index in [1.54, 1.807) is 0 Å². The summed E-state index contributed by atoms with van der Waals surface area (Å²) in [5.74, 6) is 1.57. The summed E-state index contributed by atoms with van der Waals surface area (Å²) >= 11 is 3.48. The number of nitrogen functional groups attached to an aromatic ring is 1. The standard InChI is InChI=1S/C15H16BrNO2/c1-2-18-11-5-3-6-12(9-11)19-10-13-14(16)7-4-8-15(13)17/h3-9H,2,10,17H2,1H3. The fourth-order valence-electron chi connectivity index (χ4n) is 1.70. The van der Waals surface area contributed by atoms with E-state index in [0.29, 0.717) is 13.2 Å². The molecule has 0 amide bonds. The molecule has 4 heteroatoms. The number of nitrogens with two attached hydrogens (primary N) is 1. The highest BCUT2D eigenvalue weighted by Gasteiger charge is 2.05. The zero-order valence-electron chi connectivity index (χ0n) is 10.7. The summed E-state index contributed by atoms with van der Waals surface area (Å²) < 4.78 is 12.1. The van der Waals surface area contributed by atoms with Crippen molar-refractivity contribution in [2.45, 2.75) is 13.5 Å². The highest BCUT2D eigenvalue weighted by Crippen LogP contribution is 2.25. The van der Waals surface area contributed by atoms with Gasteiger partial charge in [0.15, 0.2) is 0 Å². The van der Waals surface area contributed by atoms with Gasteiger partial charge in [0, 0.05) is 21.8 Å². The summed E-state index contributed by atoms with van der Waals surface area (Å²) in [5, 5.41) is 0. The quantitative estimate of drug-likeness (QED) is 0.846. The highest BCUT2D eigenvalue weighted by atomic mass is 79.9. The zero-order valence-corrected chi connectivity index (χ0v) is 12.3. The molecular weight excluding hydrogens is 306 g/mol. The number of rotatable bonds is 5. The molecule has 0 saturated heterocycles. The van der Waals surface area contributed by atoms with Crippen LogP contribution in [0.25, 0.3) is 0 Å². The Morgan fingerprint density at radius 2 is 1.74 bits per heavy atom. The molecule has 0 spiro atoms. The van der Waals surface area contributed by atoms with Crippen LogP contribution >= 0.6 is 15.9 Å². The van der Waals surface area contributed by atoms with Crippen LogP contribution in [0.5, 0.6) is 11.5 Å². The van der Waals surface area contributed by atoms with E-state index in [4.69, 9.17) is 15.2 Å². The number of hydrogen-bond donors (Lipinski definition) is 1. The van der Waals surface area contributed by atoms with Crippen LogP contribution in [0, 0.1) is 0 Å². The number of ether oxygens (including phenoxy) is 2. The van der Waals surface area contributed by atoms with Crippen LogP contribution in [0.1, 0.15) is 12.5 Å². The van der Waals surface area contributed by atoms with Crippen molar-refractivity contribution in [3.05, 3.63) is 52.5 Å². The number of hydrogen-bond acceptors (Lipinski definition) is 3. The van der Waals surface area contributed by atoms with E-state index < -0.39 is 0 Å². The first-order chi connectivity index (χ1) is 9.20. The van der Waals surface area contributed by atoms with Crippen LogP contribution in [0.2, 0.25) is 0 Å². The minimum atomic E-state index is 0.419. The maximum atomic E-state index is 5.93. The Balaban J connectivity index is 2.08. The van der Waals surface area contributed by atoms with Crippen molar-refractivity contribution in [3.63, 3.8) is 0 Å². The van der Waals surface area contributed by atoms with Crippen LogP contribution < -0.4 is 15.2 Å². The van der Waals surface area contributed by atoms with Crippen LogP contribution in [0.15, 0.2) is 46.9 Å². The largest absolute Gasteiger partial charge is 0.494 e. The molecule has 2 rings (SSSR count). The van der Waals surface area contributed by atoms with Gasteiger partial charge in [-0.1, -0.05) is 28.1 Å². The lowest BCUT2D eigenvalue weighted by Gasteiger charge is -2.11. The van der Waals surface area contributed by atoms with Crippen molar-refractivity contribution in [3.8, 4) is 11.5 Å².